The second kappa shape index (κ2) is 7.73. The van der Waals surface area contributed by atoms with E-state index in [0.717, 1.165) is 31.0 Å². The molecule has 27 heavy (non-hydrogen) atoms. The lowest BCUT2D eigenvalue weighted by atomic mass is 9.96. The number of nitrogens with zero attached hydrogens (tertiary/aromatic N) is 2. The molecule has 1 atom stereocenters. The Morgan fingerprint density at radius 1 is 1.19 bits per heavy atom. The van der Waals surface area contributed by atoms with Crippen molar-refractivity contribution in [2.75, 3.05) is 19.6 Å². The van der Waals surface area contributed by atoms with Crippen LogP contribution in [0.25, 0.3) is 0 Å². The average molecular weight is 375 g/mol. The summed E-state index contributed by atoms with van der Waals surface area (Å²) in [6, 6.07) is 3.13. The van der Waals surface area contributed by atoms with Crippen LogP contribution in [0.4, 0.5) is 5.69 Å². The van der Waals surface area contributed by atoms with Crippen molar-refractivity contribution in [3.05, 3.63) is 39.4 Å². The van der Waals surface area contributed by atoms with Gasteiger partial charge in [0.25, 0.3) is 11.6 Å². The van der Waals surface area contributed by atoms with E-state index in [2.05, 4.69) is 5.32 Å². The molecule has 0 spiro atoms. The molecular formula is C18H21N3O6. The van der Waals surface area contributed by atoms with E-state index in [1.807, 2.05) is 0 Å². The van der Waals surface area contributed by atoms with Crippen molar-refractivity contribution >= 4 is 23.5 Å². The molecule has 0 bridgehead atoms. The third kappa shape index (κ3) is 4.60. The van der Waals surface area contributed by atoms with Crippen molar-refractivity contribution in [2.45, 2.75) is 25.7 Å². The van der Waals surface area contributed by atoms with Crippen LogP contribution in [0.5, 0.6) is 0 Å². The van der Waals surface area contributed by atoms with Crippen LogP contribution < -0.4 is 5.32 Å². The number of nitro groups is 1. The third-order valence-corrected chi connectivity index (χ3v) is 4.96. The number of benzene rings is 1. The van der Waals surface area contributed by atoms with Crippen LogP contribution in [0.3, 0.4) is 0 Å². The van der Waals surface area contributed by atoms with Crippen molar-refractivity contribution in [3.8, 4) is 0 Å². The quantitative estimate of drug-likeness (QED) is 0.575. The van der Waals surface area contributed by atoms with E-state index in [1.165, 1.54) is 4.90 Å². The van der Waals surface area contributed by atoms with E-state index in [1.54, 1.807) is 0 Å². The van der Waals surface area contributed by atoms with Crippen LogP contribution in [-0.2, 0) is 4.79 Å². The van der Waals surface area contributed by atoms with Gasteiger partial charge in [-0.1, -0.05) is 0 Å². The maximum absolute atomic E-state index is 12.8. The van der Waals surface area contributed by atoms with Gasteiger partial charge in [0.2, 0.25) is 5.91 Å². The number of carbonyl (C=O) groups excluding carboxylic acids is 2. The van der Waals surface area contributed by atoms with Gasteiger partial charge < -0.3 is 15.3 Å². The van der Waals surface area contributed by atoms with Gasteiger partial charge in [0, 0.05) is 37.3 Å². The highest BCUT2D eigenvalue weighted by Gasteiger charge is 2.31. The van der Waals surface area contributed by atoms with E-state index in [-0.39, 0.29) is 29.5 Å². The number of piperidine rings is 1. The number of nitro benzene ring substituents is 1. The Morgan fingerprint density at radius 3 is 2.52 bits per heavy atom. The van der Waals surface area contributed by atoms with Crippen molar-refractivity contribution in [1.82, 2.24) is 10.2 Å². The summed E-state index contributed by atoms with van der Waals surface area (Å²) < 4.78 is 0. The summed E-state index contributed by atoms with van der Waals surface area (Å²) >= 11 is 0. The molecule has 1 heterocycles. The van der Waals surface area contributed by atoms with Crippen molar-refractivity contribution < 1.29 is 24.4 Å². The molecule has 1 unspecified atom stereocenters. The zero-order chi connectivity index (χ0) is 19.6. The van der Waals surface area contributed by atoms with Crippen LogP contribution in [0, 0.1) is 22.0 Å². The number of hydrogen-bond donors (Lipinski definition) is 2. The first-order valence-corrected chi connectivity index (χ1v) is 8.95. The Bertz CT molecular complexity index is 757. The Labute approximate surface area is 155 Å². The van der Waals surface area contributed by atoms with Crippen LogP contribution >= 0.6 is 0 Å². The lowest BCUT2D eigenvalue weighted by Gasteiger charge is -2.32. The van der Waals surface area contributed by atoms with Crippen molar-refractivity contribution in [2.24, 2.45) is 11.8 Å². The minimum atomic E-state index is -1.34. The fraction of sp³-hybridized carbons (Fsp3) is 0.500. The number of amides is 2. The number of likely N-dealkylation sites (tertiary alicyclic amines) is 1. The largest absolute Gasteiger partial charge is 0.478 e. The highest BCUT2D eigenvalue weighted by molar-refractivity contribution is 5.98. The summed E-state index contributed by atoms with van der Waals surface area (Å²) in [5, 5.41) is 23.1. The molecule has 1 aromatic carbocycles. The molecule has 3 rings (SSSR count). The van der Waals surface area contributed by atoms with Crippen LogP contribution in [0.15, 0.2) is 18.2 Å². The van der Waals surface area contributed by atoms with Gasteiger partial charge >= 0.3 is 5.97 Å². The molecule has 2 fully saturated rings. The van der Waals surface area contributed by atoms with E-state index in [0.29, 0.717) is 31.8 Å². The fourth-order valence-corrected chi connectivity index (χ4v) is 3.23. The molecule has 2 aliphatic rings. The number of carbonyl (C=O) groups is 3. The van der Waals surface area contributed by atoms with Gasteiger partial charge in [0.1, 0.15) is 0 Å². The lowest BCUT2D eigenvalue weighted by molar-refractivity contribution is -0.384. The van der Waals surface area contributed by atoms with Gasteiger partial charge in [-0.25, -0.2) is 4.79 Å². The first-order chi connectivity index (χ1) is 12.8. The maximum atomic E-state index is 12.8. The smallest absolute Gasteiger partial charge is 0.335 e. The molecule has 1 saturated heterocycles. The molecule has 144 valence electrons. The Hall–Kier alpha value is -2.97. The average Bonchev–Trinajstić information content (AvgIpc) is 3.49. The number of carboxylic acid groups (broad SMARTS) is 1. The Balaban J connectivity index is 1.73. The van der Waals surface area contributed by atoms with Crippen molar-refractivity contribution in [1.29, 1.82) is 0 Å². The summed E-state index contributed by atoms with van der Waals surface area (Å²) in [5.74, 6) is -1.68. The van der Waals surface area contributed by atoms with Crippen LogP contribution in [0.1, 0.15) is 46.4 Å². The summed E-state index contributed by atoms with van der Waals surface area (Å²) in [6.07, 6.45) is 3.59. The fourth-order valence-electron chi connectivity index (χ4n) is 3.23. The maximum Gasteiger partial charge on any atom is 0.335 e. The van der Waals surface area contributed by atoms with E-state index >= 15 is 0 Å². The first kappa shape index (κ1) is 18.8. The zero-order valence-corrected chi connectivity index (χ0v) is 14.7. The summed E-state index contributed by atoms with van der Waals surface area (Å²) in [4.78, 5) is 48.1. The SMILES string of the molecule is O=C(O)c1cc(C(=O)N2CCCC(C(=O)NCC3CC3)C2)cc([N+](=O)[O-])c1. The molecule has 1 aliphatic carbocycles. The summed E-state index contributed by atoms with van der Waals surface area (Å²) in [7, 11) is 0. The topological polar surface area (TPSA) is 130 Å². The molecule has 0 radical (unpaired) electrons. The van der Waals surface area contributed by atoms with E-state index < -0.39 is 22.5 Å². The molecule has 2 N–H and O–H groups in total. The molecule has 0 aromatic heterocycles. The third-order valence-electron chi connectivity index (χ3n) is 4.96. The second-order valence-corrected chi connectivity index (χ2v) is 7.11. The first-order valence-electron chi connectivity index (χ1n) is 8.95. The number of carboxylic acids is 1. The predicted molar refractivity (Wildman–Crippen MR) is 94.4 cm³/mol. The second-order valence-electron chi connectivity index (χ2n) is 7.11. The molecule has 2 amide bonds. The molecular weight excluding hydrogens is 354 g/mol. The standard InChI is InChI=1S/C18H21N3O6/c22-16(19-9-11-3-4-11)12-2-1-5-20(10-12)17(23)13-6-14(18(24)25)8-15(7-13)21(26)27/h6-8,11-12H,1-5,9-10H2,(H,19,22)(H,24,25). The van der Waals surface area contributed by atoms with Gasteiger partial charge in [-0.05, 0) is 37.7 Å². The Morgan fingerprint density at radius 2 is 1.89 bits per heavy atom. The highest BCUT2D eigenvalue weighted by atomic mass is 16.6. The number of nitrogens with one attached hydrogen (secondary N) is 1. The predicted octanol–water partition coefficient (Wildman–Crippen LogP) is 1.67. The summed E-state index contributed by atoms with van der Waals surface area (Å²) in [5.41, 5.74) is -0.821. The minimum Gasteiger partial charge on any atom is -0.478 e. The van der Waals surface area contributed by atoms with E-state index in [9.17, 15) is 24.5 Å². The molecule has 1 aromatic rings. The monoisotopic (exact) mass is 375 g/mol. The van der Waals surface area contributed by atoms with Gasteiger partial charge in [0.15, 0.2) is 0 Å². The van der Waals surface area contributed by atoms with Gasteiger partial charge in [0.05, 0.1) is 16.4 Å². The number of rotatable bonds is 6. The van der Waals surface area contributed by atoms with Gasteiger partial charge in [-0.3, -0.25) is 19.7 Å². The zero-order valence-electron chi connectivity index (χ0n) is 14.7. The summed E-state index contributed by atoms with van der Waals surface area (Å²) in [6.45, 7) is 1.31. The highest BCUT2D eigenvalue weighted by Crippen LogP contribution is 2.28. The number of hydrogen-bond acceptors (Lipinski definition) is 5. The number of aromatic carboxylic acids is 1. The van der Waals surface area contributed by atoms with Gasteiger partial charge in [-0.15, -0.1) is 0 Å². The van der Waals surface area contributed by atoms with E-state index in [4.69, 9.17) is 5.11 Å². The van der Waals surface area contributed by atoms with Crippen LogP contribution in [-0.4, -0.2) is 52.3 Å². The lowest BCUT2D eigenvalue weighted by Crippen LogP contribution is -2.45. The molecule has 1 aliphatic heterocycles. The van der Waals surface area contributed by atoms with Gasteiger partial charge in [-0.2, -0.15) is 0 Å². The molecule has 9 heteroatoms. The normalized spacial score (nSPS) is 19.4. The minimum absolute atomic E-state index is 0.0550. The number of non-ortho nitro benzene ring substituents is 1. The Kier molecular flexibility index (Phi) is 5.38. The molecule has 1 saturated carbocycles. The van der Waals surface area contributed by atoms with Crippen LogP contribution in [0.2, 0.25) is 0 Å². The molecule has 9 nitrogen and oxygen atoms in total. The van der Waals surface area contributed by atoms with Crippen molar-refractivity contribution in [3.63, 3.8) is 0 Å².